The second-order valence-electron chi connectivity index (χ2n) is 5.19. The molecule has 0 aliphatic heterocycles. The summed E-state index contributed by atoms with van der Waals surface area (Å²) in [7, 11) is 0. The van der Waals surface area contributed by atoms with Crippen LogP contribution < -0.4 is 0 Å². The normalized spacial score (nSPS) is 10.5. The van der Waals surface area contributed by atoms with Crippen LogP contribution in [0, 0.1) is 6.92 Å². The number of hydrogen-bond donors (Lipinski definition) is 0. The molecule has 0 bridgehead atoms. The highest BCUT2D eigenvalue weighted by atomic mass is 16.2. The highest BCUT2D eigenvalue weighted by molar-refractivity contribution is 5.95. The summed E-state index contributed by atoms with van der Waals surface area (Å²) >= 11 is 0. The number of unbranched alkanes of at least 4 members (excludes halogenated alkanes) is 2. The molecule has 0 unspecified atom stereocenters. The lowest BCUT2D eigenvalue weighted by atomic mass is 10.1. The van der Waals surface area contributed by atoms with Crippen LogP contribution in [0.5, 0.6) is 0 Å². The number of rotatable bonds is 7. The van der Waals surface area contributed by atoms with Crippen LogP contribution in [-0.2, 0) is 0 Å². The molecule has 0 N–H and O–H groups in total. The zero-order valence-corrected chi connectivity index (χ0v) is 12.4. The maximum Gasteiger partial charge on any atom is 0.254 e. The van der Waals surface area contributed by atoms with Gasteiger partial charge >= 0.3 is 0 Å². The van der Waals surface area contributed by atoms with Gasteiger partial charge in [0.1, 0.15) is 0 Å². The Morgan fingerprint density at radius 3 is 2.58 bits per heavy atom. The molecule has 0 saturated carbocycles. The number of nitrogens with zero attached hydrogens (tertiary/aromatic N) is 1. The van der Waals surface area contributed by atoms with Crippen molar-refractivity contribution in [2.75, 3.05) is 6.54 Å². The minimum atomic E-state index is 0.145. The number of allylic oxidation sites excluding steroid dienone is 1. The van der Waals surface area contributed by atoms with Crippen molar-refractivity contribution < 1.29 is 4.79 Å². The van der Waals surface area contributed by atoms with Crippen LogP contribution in [0.3, 0.4) is 0 Å². The summed E-state index contributed by atoms with van der Waals surface area (Å²) < 4.78 is 0. The van der Waals surface area contributed by atoms with Gasteiger partial charge in [0.15, 0.2) is 0 Å². The first-order chi connectivity index (χ1) is 9.07. The van der Waals surface area contributed by atoms with Gasteiger partial charge < -0.3 is 4.90 Å². The topological polar surface area (TPSA) is 20.3 Å². The van der Waals surface area contributed by atoms with Gasteiger partial charge in [-0.25, -0.2) is 0 Å². The van der Waals surface area contributed by atoms with Crippen molar-refractivity contribution in [1.29, 1.82) is 0 Å². The van der Waals surface area contributed by atoms with Gasteiger partial charge in [0.2, 0.25) is 0 Å². The first-order valence-electron chi connectivity index (χ1n) is 7.05. The summed E-state index contributed by atoms with van der Waals surface area (Å²) in [5, 5.41) is 0. The van der Waals surface area contributed by atoms with Crippen molar-refractivity contribution in [3.63, 3.8) is 0 Å². The average molecular weight is 259 g/mol. The van der Waals surface area contributed by atoms with Crippen LogP contribution >= 0.6 is 0 Å². The summed E-state index contributed by atoms with van der Waals surface area (Å²) in [5.74, 6) is 0.145. The molecule has 1 aromatic carbocycles. The molecular formula is C17H25NO. The van der Waals surface area contributed by atoms with E-state index in [0.717, 1.165) is 36.9 Å². The van der Waals surface area contributed by atoms with E-state index >= 15 is 0 Å². The van der Waals surface area contributed by atoms with Gasteiger partial charge in [-0.3, -0.25) is 4.79 Å². The summed E-state index contributed by atoms with van der Waals surface area (Å²) in [6, 6.07) is 8.03. The average Bonchev–Trinajstić information content (AvgIpc) is 2.38. The second kappa shape index (κ2) is 7.78. The third kappa shape index (κ3) is 4.55. The number of carbonyl (C=O) groups excluding carboxylic acids is 1. The lowest BCUT2D eigenvalue weighted by molar-refractivity contribution is 0.0702. The monoisotopic (exact) mass is 259 g/mol. The number of hydrogen-bond acceptors (Lipinski definition) is 1. The SMILES string of the molecule is C=CCCCCN(C(=O)c1ccccc1C)C(C)C. The Labute approximate surface area is 117 Å². The highest BCUT2D eigenvalue weighted by Crippen LogP contribution is 2.14. The molecule has 2 nitrogen and oxygen atoms in total. The van der Waals surface area contributed by atoms with Gasteiger partial charge in [0.25, 0.3) is 5.91 Å². The molecule has 0 aliphatic rings. The molecule has 0 atom stereocenters. The van der Waals surface area contributed by atoms with Crippen molar-refractivity contribution in [2.24, 2.45) is 0 Å². The smallest absolute Gasteiger partial charge is 0.254 e. The van der Waals surface area contributed by atoms with E-state index in [4.69, 9.17) is 0 Å². The largest absolute Gasteiger partial charge is 0.336 e. The van der Waals surface area contributed by atoms with Crippen molar-refractivity contribution in [3.8, 4) is 0 Å². The van der Waals surface area contributed by atoms with E-state index in [1.54, 1.807) is 0 Å². The van der Waals surface area contributed by atoms with Crippen LogP contribution in [0.1, 0.15) is 49.0 Å². The Balaban J connectivity index is 2.73. The molecule has 0 fully saturated rings. The number of benzene rings is 1. The van der Waals surface area contributed by atoms with Crippen LogP contribution in [0.25, 0.3) is 0 Å². The molecule has 1 amide bonds. The highest BCUT2D eigenvalue weighted by Gasteiger charge is 2.19. The molecule has 0 spiro atoms. The van der Waals surface area contributed by atoms with Crippen molar-refractivity contribution in [3.05, 3.63) is 48.0 Å². The zero-order valence-electron chi connectivity index (χ0n) is 12.4. The summed E-state index contributed by atoms with van der Waals surface area (Å²) in [4.78, 5) is 14.5. The number of aryl methyl sites for hydroxylation is 1. The molecule has 2 heteroatoms. The Hall–Kier alpha value is -1.57. The molecule has 0 aliphatic carbocycles. The van der Waals surface area contributed by atoms with E-state index in [-0.39, 0.29) is 11.9 Å². The van der Waals surface area contributed by atoms with Gasteiger partial charge in [-0.1, -0.05) is 24.3 Å². The van der Waals surface area contributed by atoms with E-state index < -0.39 is 0 Å². The third-order valence-corrected chi connectivity index (χ3v) is 3.32. The van der Waals surface area contributed by atoms with E-state index in [1.165, 1.54) is 0 Å². The summed E-state index contributed by atoms with van der Waals surface area (Å²) in [6.07, 6.45) is 5.07. The Bertz CT molecular complexity index is 423. The van der Waals surface area contributed by atoms with Crippen LogP contribution in [0.4, 0.5) is 0 Å². The van der Waals surface area contributed by atoms with E-state index in [9.17, 15) is 4.79 Å². The molecule has 0 saturated heterocycles. The first-order valence-corrected chi connectivity index (χ1v) is 7.05. The van der Waals surface area contributed by atoms with Crippen molar-refractivity contribution >= 4 is 5.91 Å². The Morgan fingerprint density at radius 2 is 2.00 bits per heavy atom. The maximum absolute atomic E-state index is 12.6. The third-order valence-electron chi connectivity index (χ3n) is 3.32. The molecule has 0 radical (unpaired) electrons. The standard InChI is InChI=1S/C17H25NO/c1-5-6-7-10-13-18(14(2)3)17(19)16-12-9-8-11-15(16)4/h5,8-9,11-12,14H,1,6-7,10,13H2,2-4H3. The van der Waals surface area contributed by atoms with E-state index in [1.807, 2.05) is 42.2 Å². The van der Waals surface area contributed by atoms with E-state index in [0.29, 0.717) is 0 Å². The van der Waals surface area contributed by atoms with Crippen LogP contribution in [-0.4, -0.2) is 23.4 Å². The predicted molar refractivity (Wildman–Crippen MR) is 81.4 cm³/mol. The predicted octanol–water partition coefficient (Wildman–Crippen LogP) is 4.20. The molecular weight excluding hydrogens is 234 g/mol. The lowest BCUT2D eigenvalue weighted by Gasteiger charge is -2.27. The fourth-order valence-electron chi connectivity index (χ4n) is 2.13. The van der Waals surface area contributed by atoms with Gasteiger partial charge in [-0.2, -0.15) is 0 Å². The van der Waals surface area contributed by atoms with Gasteiger partial charge in [-0.05, 0) is 51.7 Å². The first kappa shape index (κ1) is 15.5. The fourth-order valence-corrected chi connectivity index (χ4v) is 2.13. The second-order valence-corrected chi connectivity index (χ2v) is 5.19. The Kier molecular flexibility index (Phi) is 6.34. The lowest BCUT2D eigenvalue weighted by Crippen LogP contribution is -2.38. The molecule has 0 heterocycles. The number of amides is 1. The van der Waals surface area contributed by atoms with Crippen molar-refractivity contribution in [1.82, 2.24) is 4.90 Å². The quantitative estimate of drug-likeness (QED) is 0.531. The Morgan fingerprint density at radius 1 is 1.32 bits per heavy atom. The number of carbonyl (C=O) groups is 1. The summed E-state index contributed by atoms with van der Waals surface area (Å²) in [5.41, 5.74) is 1.86. The zero-order chi connectivity index (χ0) is 14.3. The molecule has 104 valence electrons. The molecule has 1 aromatic rings. The molecule has 1 rings (SSSR count). The van der Waals surface area contributed by atoms with E-state index in [2.05, 4.69) is 20.4 Å². The molecule has 19 heavy (non-hydrogen) atoms. The van der Waals surface area contributed by atoms with Gasteiger partial charge in [0.05, 0.1) is 0 Å². The fraction of sp³-hybridized carbons (Fsp3) is 0.471. The minimum Gasteiger partial charge on any atom is -0.336 e. The van der Waals surface area contributed by atoms with Crippen LogP contribution in [0.2, 0.25) is 0 Å². The van der Waals surface area contributed by atoms with Crippen LogP contribution in [0.15, 0.2) is 36.9 Å². The minimum absolute atomic E-state index is 0.145. The van der Waals surface area contributed by atoms with Gasteiger partial charge in [-0.15, -0.1) is 6.58 Å². The summed E-state index contributed by atoms with van der Waals surface area (Å²) in [6.45, 7) is 10.7. The molecule has 0 aromatic heterocycles. The van der Waals surface area contributed by atoms with Gasteiger partial charge in [0, 0.05) is 18.2 Å². The van der Waals surface area contributed by atoms with Crippen molar-refractivity contribution in [2.45, 2.75) is 46.1 Å². The maximum atomic E-state index is 12.6.